The third-order valence-corrected chi connectivity index (χ3v) is 5.61. The molecule has 2 unspecified atom stereocenters. The average Bonchev–Trinajstić information content (AvgIpc) is 2.77. The number of fused-ring (bicyclic) bond motifs is 1. The Morgan fingerprint density at radius 1 is 0.967 bits per heavy atom. The Kier molecular flexibility index (Phi) is 5.86. The molecule has 5 heteroatoms. The fraction of sp³-hybridized carbons (Fsp3) is 0.200. The molecular weight excluding hydrogens is 398 g/mol. The van der Waals surface area contributed by atoms with Gasteiger partial charge in [-0.15, -0.1) is 0 Å². The largest absolute Gasteiger partial charge is 0.447 e. The molecule has 3 aromatic rings. The van der Waals surface area contributed by atoms with Crippen molar-refractivity contribution in [3.8, 4) is 0 Å². The summed E-state index contributed by atoms with van der Waals surface area (Å²) < 4.78 is 5.49. The predicted molar refractivity (Wildman–Crippen MR) is 116 cm³/mol. The van der Waals surface area contributed by atoms with E-state index < -0.39 is 12.1 Å². The van der Waals surface area contributed by atoms with Crippen molar-refractivity contribution in [1.82, 2.24) is 4.90 Å². The number of halogens is 1. The minimum absolute atomic E-state index is 0.231. The van der Waals surface area contributed by atoms with Crippen LogP contribution in [0, 0.1) is 0 Å². The number of carbonyl (C=O) groups excluding carboxylic acids is 2. The van der Waals surface area contributed by atoms with Crippen molar-refractivity contribution in [2.45, 2.75) is 25.5 Å². The van der Waals surface area contributed by atoms with E-state index in [2.05, 4.69) is 12.1 Å². The first-order chi connectivity index (χ1) is 14.5. The van der Waals surface area contributed by atoms with Crippen LogP contribution in [-0.4, -0.2) is 23.3 Å². The predicted octanol–water partition coefficient (Wildman–Crippen LogP) is 5.12. The summed E-state index contributed by atoms with van der Waals surface area (Å²) in [6.45, 7) is 1.86. The number of benzene rings is 3. The molecule has 1 heterocycles. The van der Waals surface area contributed by atoms with Gasteiger partial charge >= 0.3 is 5.97 Å². The minimum atomic E-state index is -0.983. The lowest BCUT2D eigenvalue weighted by Gasteiger charge is -2.39. The van der Waals surface area contributed by atoms with Gasteiger partial charge in [0.2, 0.25) is 6.10 Å². The summed E-state index contributed by atoms with van der Waals surface area (Å²) in [5.74, 6) is -0.719. The normalized spacial score (nSPS) is 16.5. The Hall–Kier alpha value is -3.11. The van der Waals surface area contributed by atoms with Crippen molar-refractivity contribution >= 4 is 23.5 Å². The van der Waals surface area contributed by atoms with Gasteiger partial charge in [-0.25, -0.2) is 0 Å². The smallest absolute Gasteiger partial charge is 0.303 e. The Balaban J connectivity index is 1.77. The van der Waals surface area contributed by atoms with E-state index in [0.29, 0.717) is 17.1 Å². The Bertz CT molecular complexity index is 1050. The van der Waals surface area contributed by atoms with Crippen molar-refractivity contribution in [2.75, 3.05) is 6.54 Å². The number of esters is 1. The van der Waals surface area contributed by atoms with Crippen LogP contribution < -0.4 is 0 Å². The monoisotopic (exact) mass is 419 g/mol. The maximum absolute atomic E-state index is 13.7. The third-order valence-electron chi connectivity index (χ3n) is 5.36. The van der Waals surface area contributed by atoms with Gasteiger partial charge in [0.05, 0.1) is 6.04 Å². The Labute approximate surface area is 181 Å². The van der Waals surface area contributed by atoms with E-state index in [1.807, 2.05) is 59.5 Å². The standard InChI is InChI=1S/C25H22ClNO3/c1-17(28)30-24(20-8-3-2-4-9-20)25(29)27-16-15-18-7-5-6-10-22(18)23(27)19-11-13-21(26)14-12-19/h2-14,23-24H,15-16H2,1H3. The number of ether oxygens (including phenoxy) is 1. The van der Waals surface area contributed by atoms with E-state index in [9.17, 15) is 9.59 Å². The van der Waals surface area contributed by atoms with E-state index in [0.717, 1.165) is 17.5 Å². The van der Waals surface area contributed by atoms with Crippen LogP contribution in [0.15, 0.2) is 78.9 Å². The second-order valence-electron chi connectivity index (χ2n) is 7.33. The van der Waals surface area contributed by atoms with Crippen LogP contribution >= 0.6 is 11.6 Å². The van der Waals surface area contributed by atoms with Crippen molar-refractivity contribution < 1.29 is 14.3 Å². The van der Waals surface area contributed by atoms with Gasteiger partial charge in [-0.3, -0.25) is 9.59 Å². The first-order valence-electron chi connectivity index (χ1n) is 9.90. The summed E-state index contributed by atoms with van der Waals surface area (Å²) in [6, 6.07) is 24.6. The maximum atomic E-state index is 13.7. The van der Waals surface area contributed by atoms with Crippen LogP contribution in [0.5, 0.6) is 0 Å². The molecule has 0 N–H and O–H groups in total. The molecule has 1 aliphatic heterocycles. The van der Waals surface area contributed by atoms with Gasteiger partial charge in [-0.1, -0.05) is 78.3 Å². The van der Waals surface area contributed by atoms with E-state index in [-0.39, 0.29) is 11.9 Å². The Morgan fingerprint density at radius 3 is 2.33 bits per heavy atom. The van der Waals surface area contributed by atoms with Gasteiger partial charge in [0, 0.05) is 24.1 Å². The highest BCUT2D eigenvalue weighted by Crippen LogP contribution is 2.37. The summed E-state index contributed by atoms with van der Waals surface area (Å²) in [6.07, 6.45) is -0.239. The van der Waals surface area contributed by atoms with E-state index in [1.54, 1.807) is 12.1 Å². The lowest BCUT2D eigenvalue weighted by molar-refractivity contribution is -0.160. The number of hydrogen-bond acceptors (Lipinski definition) is 3. The number of carbonyl (C=O) groups is 2. The van der Waals surface area contributed by atoms with Crippen molar-refractivity contribution in [3.05, 3.63) is 106 Å². The molecular formula is C25H22ClNO3. The minimum Gasteiger partial charge on any atom is -0.447 e. The topological polar surface area (TPSA) is 46.6 Å². The molecule has 0 bridgehead atoms. The third kappa shape index (κ3) is 4.10. The lowest BCUT2D eigenvalue weighted by atomic mass is 9.87. The van der Waals surface area contributed by atoms with Crippen LogP contribution in [0.2, 0.25) is 5.02 Å². The van der Waals surface area contributed by atoms with E-state index in [4.69, 9.17) is 16.3 Å². The highest BCUT2D eigenvalue weighted by molar-refractivity contribution is 6.30. The zero-order valence-electron chi connectivity index (χ0n) is 16.6. The molecule has 0 saturated heterocycles. The molecule has 30 heavy (non-hydrogen) atoms. The maximum Gasteiger partial charge on any atom is 0.303 e. The highest BCUT2D eigenvalue weighted by Gasteiger charge is 2.37. The molecule has 4 rings (SSSR count). The van der Waals surface area contributed by atoms with Crippen LogP contribution in [0.3, 0.4) is 0 Å². The van der Waals surface area contributed by atoms with E-state index in [1.165, 1.54) is 12.5 Å². The van der Waals surface area contributed by atoms with Crippen molar-refractivity contribution in [3.63, 3.8) is 0 Å². The number of rotatable bonds is 4. The molecule has 1 amide bonds. The van der Waals surface area contributed by atoms with Gasteiger partial charge in [0.15, 0.2) is 0 Å². The van der Waals surface area contributed by atoms with Crippen LogP contribution in [0.25, 0.3) is 0 Å². The fourth-order valence-corrected chi connectivity index (χ4v) is 4.14. The number of amides is 1. The molecule has 1 aliphatic rings. The number of nitrogens with zero attached hydrogens (tertiary/aromatic N) is 1. The van der Waals surface area contributed by atoms with Gasteiger partial charge in [-0.05, 0) is 35.2 Å². The fourth-order valence-electron chi connectivity index (χ4n) is 4.01. The molecule has 0 spiro atoms. The molecule has 0 fully saturated rings. The SMILES string of the molecule is CC(=O)OC(C(=O)N1CCc2ccccc2C1c1ccc(Cl)cc1)c1ccccc1. The van der Waals surface area contributed by atoms with Gasteiger partial charge in [-0.2, -0.15) is 0 Å². The molecule has 152 valence electrons. The summed E-state index contributed by atoms with van der Waals surface area (Å²) in [4.78, 5) is 27.3. The molecule has 0 saturated carbocycles. The first-order valence-corrected chi connectivity index (χ1v) is 10.3. The van der Waals surface area contributed by atoms with Crippen molar-refractivity contribution in [2.24, 2.45) is 0 Å². The van der Waals surface area contributed by atoms with E-state index >= 15 is 0 Å². The second kappa shape index (κ2) is 8.72. The summed E-state index contributed by atoms with van der Waals surface area (Å²) in [5, 5.41) is 0.641. The highest BCUT2D eigenvalue weighted by atomic mass is 35.5. The quantitative estimate of drug-likeness (QED) is 0.551. The van der Waals surface area contributed by atoms with Crippen molar-refractivity contribution in [1.29, 1.82) is 0 Å². The number of hydrogen-bond donors (Lipinski definition) is 0. The Morgan fingerprint density at radius 2 is 1.63 bits per heavy atom. The van der Waals surface area contributed by atoms with Crippen LogP contribution in [0.4, 0.5) is 0 Å². The zero-order valence-corrected chi connectivity index (χ0v) is 17.4. The second-order valence-corrected chi connectivity index (χ2v) is 7.77. The molecule has 0 aliphatic carbocycles. The zero-order chi connectivity index (χ0) is 21.1. The van der Waals surface area contributed by atoms with Gasteiger partial charge < -0.3 is 9.64 Å². The molecule has 0 aromatic heterocycles. The average molecular weight is 420 g/mol. The molecule has 4 nitrogen and oxygen atoms in total. The lowest BCUT2D eigenvalue weighted by Crippen LogP contribution is -2.43. The van der Waals surface area contributed by atoms with Crippen LogP contribution in [-0.2, 0) is 20.7 Å². The molecule has 3 aromatic carbocycles. The summed E-state index contributed by atoms with van der Waals surface area (Å²) >= 11 is 6.10. The molecule has 2 atom stereocenters. The molecule has 0 radical (unpaired) electrons. The van der Waals surface area contributed by atoms with Gasteiger partial charge in [0.1, 0.15) is 0 Å². The summed E-state index contributed by atoms with van der Waals surface area (Å²) in [5.41, 5.74) is 3.92. The first kappa shape index (κ1) is 20.2. The van der Waals surface area contributed by atoms with Crippen LogP contribution in [0.1, 0.15) is 41.3 Å². The summed E-state index contributed by atoms with van der Waals surface area (Å²) in [7, 11) is 0. The van der Waals surface area contributed by atoms with Gasteiger partial charge in [0.25, 0.3) is 5.91 Å².